The Balaban J connectivity index is 1.67. The highest BCUT2D eigenvalue weighted by Crippen LogP contribution is 2.44. The molecule has 0 unspecified atom stereocenters. The lowest BCUT2D eigenvalue weighted by molar-refractivity contribution is 0.0516. The number of carbonyl (C=O) groups excluding carboxylic acids is 3. The summed E-state index contributed by atoms with van der Waals surface area (Å²) in [4.78, 5) is 39.9. The first-order chi connectivity index (χ1) is 25.4. The predicted octanol–water partition coefficient (Wildman–Crippen LogP) is 8.53. The van der Waals surface area contributed by atoms with Crippen molar-refractivity contribution in [2.24, 2.45) is 20.7 Å². The zero-order chi connectivity index (χ0) is 36.5. The Morgan fingerprint density at radius 2 is 0.942 bits per heavy atom. The van der Waals surface area contributed by atoms with Gasteiger partial charge in [0.1, 0.15) is 0 Å². The van der Waals surface area contributed by atoms with Crippen LogP contribution >= 0.6 is 0 Å². The molecule has 2 aliphatic rings. The van der Waals surface area contributed by atoms with Gasteiger partial charge in [-0.2, -0.15) is 0 Å². The van der Waals surface area contributed by atoms with Gasteiger partial charge in [0.25, 0.3) is 0 Å². The molecule has 0 atom stereocenters. The highest BCUT2D eigenvalue weighted by Gasteiger charge is 2.25. The molecule has 2 aliphatic heterocycles. The van der Waals surface area contributed by atoms with Gasteiger partial charge in [0.15, 0.2) is 0 Å². The summed E-state index contributed by atoms with van der Waals surface area (Å²) in [6, 6.07) is 17.4. The number of hydrogen-bond acceptors (Lipinski definition) is 10. The lowest BCUT2D eigenvalue weighted by Gasteiger charge is -2.21. The molecule has 0 saturated carbocycles. The summed E-state index contributed by atoms with van der Waals surface area (Å²) >= 11 is 0. The first-order valence-corrected chi connectivity index (χ1v) is 17.8. The van der Waals surface area contributed by atoms with Crippen molar-refractivity contribution >= 4 is 29.3 Å². The standard InChI is InChI=1S/C39H43N7O6/c1-4-50-37(47)27-13-15-34(40-42-45-19-9-10-20-45)30(23-27)32-25-29(39(49)52-6-3)26-33(36(32)44-17-7-8-18-44)31-24-28(38(48)51-5-2)14-16-35(31)41-43-46-21-11-12-22-46/h7-8,13-18,23-26H,4-6,9-12,19-22H2,1-3H3. The van der Waals surface area contributed by atoms with Crippen LogP contribution in [0.1, 0.15) is 77.5 Å². The third-order valence-electron chi connectivity index (χ3n) is 8.80. The molecule has 2 saturated heterocycles. The molecule has 3 heterocycles. The Labute approximate surface area is 302 Å². The molecular formula is C39H43N7O6. The van der Waals surface area contributed by atoms with Gasteiger partial charge in [-0.15, -0.1) is 10.2 Å². The maximum atomic E-state index is 13.6. The molecule has 2 fully saturated rings. The fourth-order valence-electron chi connectivity index (χ4n) is 6.30. The average molecular weight is 706 g/mol. The number of ether oxygens (including phenoxy) is 3. The first-order valence-electron chi connectivity index (χ1n) is 17.8. The SMILES string of the molecule is CCOC(=O)c1ccc(N=NN2CCCC2)c(-c2cc(C(=O)OCC)cc(-c3cc(C(=O)OCC)ccc3N=NN3CCCC3)c2-n2cccc2)c1. The van der Waals surface area contributed by atoms with Crippen LogP contribution in [0.3, 0.4) is 0 Å². The molecular weight excluding hydrogens is 662 g/mol. The Morgan fingerprint density at radius 1 is 0.558 bits per heavy atom. The van der Waals surface area contributed by atoms with Gasteiger partial charge in [-0.25, -0.2) is 14.4 Å². The zero-order valence-electron chi connectivity index (χ0n) is 29.8. The van der Waals surface area contributed by atoms with Gasteiger partial charge in [0.05, 0.1) is 53.6 Å². The quantitative estimate of drug-likeness (QED) is 0.0766. The van der Waals surface area contributed by atoms with E-state index in [0.29, 0.717) is 50.4 Å². The van der Waals surface area contributed by atoms with Crippen molar-refractivity contribution < 1.29 is 28.6 Å². The number of nitrogens with zero attached hydrogens (tertiary/aromatic N) is 7. The lowest BCUT2D eigenvalue weighted by atomic mass is 9.90. The number of aromatic nitrogens is 1. The second-order valence-corrected chi connectivity index (χ2v) is 12.3. The highest BCUT2D eigenvalue weighted by atomic mass is 16.5. The van der Waals surface area contributed by atoms with Crippen LogP contribution in [0.4, 0.5) is 11.4 Å². The molecule has 0 aliphatic carbocycles. The van der Waals surface area contributed by atoms with E-state index < -0.39 is 17.9 Å². The molecule has 270 valence electrons. The molecule has 0 N–H and O–H groups in total. The molecule has 13 nitrogen and oxygen atoms in total. The van der Waals surface area contributed by atoms with Crippen molar-refractivity contribution in [2.45, 2.75) is 46.5 Å². The summed E-state index contributed by atoms with van der Waals surface area (Å²) < 4.78 is 18.2. The summed E-state index contributed by atoms with van der Waals surface area (Å²) in [7, 11) is 0. The van der Waals surface area contributed by atoms with Crippen LogP contribution in [0.2, 0.25) is 0 Å². The average Bonchev–Trinajstić information content (AvgIpc) is 3.98. The van der Waals surface area contributed by atoms with E-state index in [2.05, 4.69) is 20.7 Å². The van der Waals surface area contributed by atoms with Crippen LogP contribution in [0.5, 0.6) is 0 Å². The molecule has 4 aromatic rings. The number of carbonyl (C=O) groups is 3. The molecule has 0 spiro atoms. The fraction of sp³-hybridized carbons (Fsp3) is 0.359. The third-order valence-corrected chi connectivity index (χ3v) is 8.80. The first kappa shape index (κ1) is 36.0. The third kappa shape index (κ3) is 8.20. The lowest BCUT2D eigenvalue weighted by Crippen LogP contribution is -2.10. The van der Waals surface area contributed by atoms with E-state index in [9.17, 15) is 14.4 Å². The van der Waals surface area contributed by atoms with E-state index in [1.54, 1.807) is 69.3 Å². The van der Waals surface area contributed by atoms with Crippen molar-refractivity contribution in [2.75, 3.05) is 46.0 Å². The molecule has 0 radical (unpaired) electrons. The van der Waals surface area contributed by atoms with Crippen LogP contribution in [0, 0.1) is 0 Å². The van der Waals surface area contributed by atoms with E-state index in [-0.39, 0.29) is 25.4 Å². The van der Waals surface area contributed by atoms with Crippen LogP contribution in [-0.4, -0.2) is 78.5 Å². The Morgan fingerprint density at radius 3 is 1.35 bits per heavy atom. The summed E-state index contributed by atoms with van der Waals surface area (Å²) in [5, 5.41) is 22.2. The number of hydrogen-bond donors (Lipinski definition) is 0. The number of benzene rings is 3. The molecule has 1 aromatic heterocycles. The molecule has 3 aromatic carbocycles. The van der Waals surface area contributed by atoms with Crippen LogP contribution < -0.4 is 0 Å². The summed E-state index contributed by atoms with van der Waals surface area (Å²) in [6.07, 6.45) is 7.87. The molecule has 13 heteroatoms. The van der Waals surface area contributed by atoms with E-state index in [4.69, 9.17) is 14.2 Å². The predicted molar refractivity (Wildman–Crippen MR) is 195 cm³/mol. The zero-order valence-corrected chi connectivity index (χ0v) is 29.8. The van der Waals surface area contributed by atoms with Crippen molar-refractivity contribution in [3.8, 4) is 27.9 Å². The second kappa shape index (κ2) is 16.9. The topological polar surface area (TPSA) is 140 Å². The van der Waals surface area contributed by atoms with Crippen LogP contribution in [-0.2, 0) is 14.2 Å². The van der Waals surface area contributed by atoms with E-state index >= 15 is 0 Å². The van der Waals surface area contributed by atoms with Crippen molar-refractivity contribution in [3.05, 3.63) is 89.7 Å². The van der Waals surface area contributed by atoms with Crippen LogP contribution in [0.15, 0.2) is 93.7 Å². The molecule has 0 amide bonds. The van der Waals surface area contributed by atoms with E-state index in [1.807, 2.05) is 39.1 Å². The monoisotopic (exact) mass is 705 g/mol. The highest BCUT2D eigenvalue weighted by molar-refractivity contribution is 6.02. The maximum absolute atomic E-state index is 13.6. The molecule has 52 heavy (non-hydrogen) atoms. The fourth-order valence-corrected chi connectivity index (χ4v) is 6.30. The minimum atomic E-state index is -0.548. The number of rotatable bonds is 13. The number of esters is 3. The van der Waals surface area contributed by atoms with Crippen molar-refractivity contribution in [1.29, 1.82) is 0 Å². The second-order valence-electron chi connectivity index (χ2n) is 12.3. The van der Waals surface area contributed by atoms with Crippen molar-refractivity contribution in [3.63, 3.8) is 0 Å². The van der Waals surface area contributed by atoms with Gasteiger partial charge < -0.3 is 18.8 Å². The van der Waals surface area contributed by atoms with E-state index in [1.165, 1.54) is 0 Å². The van der Waals surface area contributed by atoms with Gasteiger partial charge in [-0.1, -0.05) is 10.4 Å². The van der Waals surface area contributed by atoms with Gasteiger partial charge in [0, 0.05) is 60.8 Å². The Kier molecular flexibility index (Phi) is 11.7. The van der Waals surface area contributed by atoms with Gasteiger partial charge in [-0.05, 0) is 107 Å². The minimum Gasteiger partial charge on any atom is -0.462 e. The largest absolute Gasteiger partial charge is 0.462 e. The van der Waals surface area contributed by atoms with Gasteiger partial charge in [0.2, 0.25) is 0 Å². The van der Waals surface area contributed by atoms with Gasteiger partial charge >= 0.3 is 17.9 Å². The maximum Gasteiger partial charge on any atom is 0.338 e. The molecule has 0 bridgehead atoms. The van der Waals surface area contributed by atoms with E-state index in [0.717, 1.165) is 51.9 Å². The molecule has 6 rings (SSSR count). The minimum absolute atomic E-state index is 0.157. The summed E-state index contributed by atoms with van der Waals surface area (Å²) in [6.45, 7) is 8.98. The van der Waals surface area contributed by atoms with Crippen LogP contribution in [0.25, 0.3) is 27.9 Å². The Hall–Kier alpha value is -5.85. The Bertz CT molecular complexity index is 1850. The smallest absolute Gasteiger partial charge is 0.338 e. The summed E-state index contributed by atoms with van der Waals surface area (Å²) in [5.74, 6) is -1.54. The van der Waals surface area contributed by atoms with Gasteiger partial charge in [-0.3, -0.25) is 10.0 Å². The normalized spacial score (nSPS) is 14.4. The van der Waals surface area contributed by atoms with Crippen molar-refractivity contribution in [1.82, 2.24) is 14.6 Å². The summed E-state index contributed by atoms with van der Waals surface area (Å²) in [5.41, 5.74) is 4.64.